The van der Waals surface area contributed by atoms with E-state index in [4.69, 9.17) is 5.73 Å². The first-order chi connectivity index (χ1) is 14.1. The predicted octanol–water partition coefficient (Wildman–Crippen LogP) is 2.35. The molecule has 158 valence electrons. The molecule has 8 nitrogen and oxygen atoms in total. The van der Waals surface area contributed by atoms with Crippen LogP contribution in [0.2, 0.25) is 0 Å². The van der Waals surface area contributed by atoms with Crippen molar-refractivity contribution in [1.82, 2.24) is 20.2 Å². The molecule has 29 heavy (non-hydrogen) atoms. The van der Waals surface area contributed by atoms with Crippen molar-refractivity contribution < 1.29 is 0 Å². The lowest BCUT2D eigenvalue weighted by Crippen LogP contribution is -2.46. The lowest BCUT2D eigenvalue weighted by atomic mass is 10.0. The van der Waals surface area contributed by atoms with Crippen molar-refractivity contribution in [3.8, 4) is 0 Å². The predicted molar refractivity (Wildman–Crippen MR) is 122 cm³/mol. The molecule has 3 rings (SSSR count). The second kappa shape index (κ2) is 10.3. The Morgan fingerprint density at radius 3 is 2.66 bits per heavy atom. The van der Waals surface area contributed by atoms with Gasteiger partial charge in [0.15, 0.2) is 0 Å². The molecule has 1 saturated heterocycles. The Labute approximate surface area is 173 Å². The smallest absolute Gasteiger partial charge is 0.229 e. The number of aromatic nitrogens is 2. The molecule has 0 spiro atoms. The van der Waals surface area contributed by atoms with Crippen LogP contribution in [-0.4, -0.2) is 67.7 Å². The summed E-state index contributed by atoms with van der Waals surface area (Å²) in [6.07, 6.45) is 4.06. The molecule has 1 aromatic heterocycles. The fraction of sp³-hybridized carbons (Fsp3) is 0.524. The van der Waals surface area contributed by atoms with E-state index in [0.29, 0.717) is 12.0 Å². The highest BCUT2D eigenvalue weighted by molar-refractivity contribution is 5.74. The highest BCUT2D eigenvalue weighted by atomic mass is 15.2. The standard InChI is InChI=1S/C21H34N8/c1-4-28(14-11-23-2)17-8-12-29(13-9-17)19-6-5-16(15-18(19)22)26-21-25-10-7-20(24-3)27-21/h5-7,10,15,17,23H,4,8-9,11-14,22H2,1-3H3,(H2,24,25,26,27). The highest BCUT2D eigenvalue weighted by Crippen LogP contribution is 2.30. The van der Waals surface area contributed by atoms with Crippen LogP contribution in [0.25, 0.3) is 0 Å². The van der Waals surface area contributed by atoms with Crippen LogP contribution >= 0.6 is 0 Å². The van der Waals surface area contributed by atoms with E-state index in [1.54, 1.807) is 6.20 Å². The zero-order valence-corrected chi connectivity index (χ0v) is 17.8. The molecule has 0 amide bonds. The van der Waals surface area contributed by atoms with Crippen LogP contribution in [0.3, 0.4) is 0 Å². The van der Waals surface area contributed by atoms with Gasteiger partial charge in [-0.3, -0.25) is 4.90 Å². The summed E-state index contributed by atoms with van der Waals surface area (Å²) in [6, 6.07) is 8.58. The van der Waals surface area contributed by atoms with E-state index in [1.165, 1.54) is 12.8 Å². The second-order valence-corrected chi connectivity index (χ2v) is 7.36. The molecule has 0 aliphatic carbocycles. The van der Waals surface area contributed by atoms with Gasteiger partial charge in [0.1, 0.15) is 5.82 Å². The van der Waals surface area contributed by atoms with Crippen molar-refractivity contribution in [2.75, 3.05) is 68.1 Å². The number of hydrogen-bond acceptors (Lipinski definition) is 8. The second-order valence-electron chi connectivity index (χ2n) is 7.36. The highest BCUT2D eigenvalue weighted by Gasteiger charge is 2.24. The summed E-state index contributed by atoms with van der Waals surface area (Å²) in [5.41, 5.74) is 9.17. The van der Waals surface area contributed by atoms with E-state index >= 15 is 0 Å². The Morgan fingerprint density at radius 1 is 1.21 bits per heavy atom. The number of benzene rings is 1. The molecule has 5 N–H and O–H groups in total. The van der Waals surface area contributed by atoms with Crippen LogP contribution in [0.4, 0.5) is 28.8 Å². The van der Waals surface area contributed by atoms with Gasteiger partial charge in [0.25, 0.3) is 0 Å². The van der Waals surface area contributed by atoms with Crippen LogP contribution < -0.4 is 26.6 Å². The minimum Gasteiger partial charge on any atom is -0.397 e. The number of likely N-dealkylation sites (N-methyl/N-ethyl adjacent to an activating group) is 2. The molecule has 8 heteroatoms. The summed E-state index contributed by atoms with van der Waals surface area (Å²) in [7, 11) is 3.85. The molecule has 0 unspecified atom stereocenters. The maximum Gasteiger partial charge on any atom is 0.229 e. The molecule has 0 radical (unpaired) electrons. The SMILES string of the molecule is CCN(CCNC)C1CCN(c2ccc(Nc3nccc(NC)n3)cc2N)CC1. The lowest BCUT2D eigenvalue weighted by molar-refractivity contribution is 0.179. The molecular weight excluding hydrogens is 364 g/mol. The number of rotatable bonds is 9. The summed E-state index contributed by atoms with van der Waals surface area (Å²) < 4.78 is 0. The Morgan fingerprint density at radius 2 is 2.00 bits per heavy atom. The van der Waals surface area contributed by atoms with Gasteiger partial charge in [-0.05, 0) is 50.7 Å². The quantitative estimate of drug-likeness (QED) is 0.478. The van der Waals surface area contributed by atoms with Crippen molar-refractivity contribution in [2.24, 2.45) is 0 Å². The minimum absolute atomic E-state index is 0.547. The molecule has 2 heterocycles. The Bertz CT molecular complexity index is 773. The molecule has 0 bridgehead atoms. The van der Waals surface area contributed by atoms with Crippen LogP contribution in [0.1, 0.15) is 19.8 Å². The first-order valence-corrected chi connectivity index (χ1v) is 10.5. The first-order valence-electron chi connectivity index (χ1n) is 10.5. The maximum atomic E-state index is 6.39. The number of anilines is 5. The fourth-order valence-electron chi connectivity index (χ4n) is 3.93. The topological polar surface area (TPSA) is 94.4 Å². The molecule has 0 atom stereocenters. The molecule has 1 fully saturated rings. The van der Waals surface area contributed by atoms with Crippen LogP contribution in [0, 0.1) is 0 Å². The van der Waals surface area contributed by atoms with E-state index < -0.39 is 0 Å². The van der Waals surface area contributed by atoms with Gasteiger partial charge in [-0.25, -0.2) is 4.98 Å². The van der Waals surface area contributed by atoms with Gasteiger partial charge in [-0.15, -0.1) is 0 Å². The summed E-state index contributed by atoms with van der Waals surface area (Å²) in [5.74, 6) is 1.32. The van der Waals surface area contributed by atoms with Gasteiger partial charge in [-0.1, -0.05) is 6.92 Å². The van der Waals surface area contributed by atoms with E-state index in [0.717, 1.165) is 55.6 Å². The number of hydrogen-bond donors (Lipinski definition) is 4. The Balaban J connectivity index is 1.61. The third-order valence-corrected chi connectivity index (χ3v) is 5.57. The summed E-state index contributed by atoms with van der Waals surface area (Å²) in [5, 5.41) is 9.50. The number of nitrogens with one attached hydrogen (secondary N) is 3. The number of nitrogens with zero attached hydrogens (tertiary/aromatic N) is 4. The first kappa shape index (κ1) is 21.1. The Hall–Kier alpha value is -2.58. The van der Waals surface area contributed by atoms with Gasteiger partial charge in [0.2, 0.25) is 5.95 Å². The van der Waals surface area contributed by atoms with Gasteiger partial charge in [-0.2, -0.15) is 4.98 Å². The largest absolute Gasteiger partial charge is 0.397 e. The van der Waals surface area contributed by atoms with Gasteiger partial charge in [0.05, 0.1) is 11.4 Å². The minimum atomic E-state index is 0.547. The van der Waals surface area contributed by atoms with Crippen molar-refractivity contribution in [1.29, 1.82) is 0 Å². The molecule has 1 aromatic carbocycles. The average Bonchev–Trinajstić information content (AvgIpc) is 2.75. The number of piperidine rings is 1. The van der Waals surface area contributed by atoms with Gasteiger partial charge >= 0.3 is 0 Å². The van der Waals surface area contributed by atoms with Gasteiger partial charge < -0.3 is 26.6 Å². The third kappa shape index (κ3) is 5.48. The van der Waals surface area contributed by atoms with E-state index in [1.807, 2.05) is 32.3 Å². The fourth-order valence-corrected chi connectivity index (χ4v) is 3.93. The zero-order valence-electron chi connectivity index (χ0n) is 17.8. The van der Waals surface area contributed by atoms with Gasteiger partial charge in [0, 0.05) is 51.2 Å². The van der Waals surface area contributed by atoms with E-state index in [2.05, 4.69) is 48.7 Å². The van der Waals surface area contributed by atoms with Crippen molar-refractivity contribution in [3.05, 3.63) is 30.5 Å². The maximum absolute atomic E-state index is 6.39. The molecule has 1 aliphatic heterocycles. The monoisotopic (exact) mass is 398 g/mol. The van der Waals surface area contributed by atoms with Crippen molar-refractivity contribution in [3.63, 3.8) is 0 Å². The van der Waals surface area contributed by atoms with E-state index in [9.17, 15) is 0 Å². The summed E-state index contributed by atoms with van der Waals surface area (Å²) in [6.45, 7) is 7.57. The van der Waals surface area contributed by atoms with Crippen LogP contribution in [0.15, 0.2) is 30.5 Å². The van der Waals surface area contributed by atoms with E-state index in [-0.39, 0.29) is 0 Å². The van der Waals surface area contributed by atoms with Crippen LogP contribution in [-0.2, 0) is 0 Å². The Kier molecular flexibility index (Phi) is 7.48. The average molecular weight is 399 g/mol. The molecular formula is C21H34N8. The summed E-state index contributed by atoms with van der Waals surface area (Å²) >= 11 is 0. The normalized spacial score (nSPS) is 15.0. The lowest BCUT2D eigenvalue weighted by Gasteiger charge is -2.39. The zero-order chi connectivity index (χ0) is 20.6. The number of nitrogens with two attached hydrogens (primary N) is 1. The van der Waals surface area contributed by atoms with Crippen molar-refractivity contribution in [2.45, 2.75) is 25.8 Å². The molecule has 0 saturated carbocycles. The third-order valence-electron chi connectivity index (χ3n) is 5.57. The molecule has 2 aromatic rings. The molecule has 1 aliphatic rings. The van der Waals surface area contributed by atoms with Crippen LogP contribution in [0.5, 0.6) is 0 Å². The summed E-state index contributed by atoms with van der Waals surface area (Å²) in [4.78, 5) is 13.6. The number of nitrogen functional groups attached to an aromatic ring is 1. The van der Waals surface area contributed by atoms with Crippen molar-refractivity contribution >= 4 is 28.8 Å².